The summed E-state index contributed by atoms with van der Waals surface area (Å²) in [7, 11) is -3.34. The number of methoxy groups -OCH3 is 1. The van der Waals surface area contributed by atoms with Gasteiger partial charge in [-0.25, -0.2) is 8.42 Å². The van der Waals surface area contributed by atoms with Crippen molar-refractivity contribution in [3.05, 3.63) is 24.3 Å². The Hall–Kier alpha value is -1.58. The van der Waals surface area contributed by atoms with Crippen LogP contribution in [0, 0.1) is 0 Å². The first-order valence-corrected chi connectivity index (χ1v) is 7.01. The molecule has 1 aromatic carbocycles. The number of ether oxygens (including phenoxy) is 1. The van der Waals surface area contributed by atoms with Crippen LogP contribution in [0.15, 0.2) is 29.2 Å². The van der Waals surface area contributed by atoms with Crippen molar-refractivity contribution < 1.29 is 26.7 Å². The van der Waals surface area contributed by atoms with E-state index < -0.39 is 32.4 Å². The Labute approximate surface area is 114 Å². The molecule has 0 aliphatic rings. The van der Waals surface area contributed by atoms with E-state index in [-0.39, 0.29) is 12.3 Å². The SMILES string of the molecule is COCC(N)C(=O)Nc1cccc(S(=O)(=O)C(F)F)c1. The van der Waals surface area contributed by atoms with Crippen molar-refractivity contribution in [2.45, 2.75) is 16.7 Å². The van der Waals surface area contributed by atoms with E-state index in [0.717, 1.165) is 12.1 Å². The lowest BCUT2D eigenvalue weighted by molar-refractivity contribution is -0.118. The molecular formula is C11H14F2N2O4S. The average Bonchev–Trinajstić information content (AvgIpc) is 2.39. The monoisotopic (exact) mass is 308 g/mol. The van der Waals surface area contributed by atoms with Crippen molar-refractivity contribution in [3.63, 3.8) is 0 Å². The van der Waals surface area contributed by atoms with E-state index in [9.17, 15) is 22.0 Å². The lowest BCUT2D eigenvalue weighted by atomic mass is 10.2. The van der Waals surface area contributed by atoms with Crippen LogP contribution >= 0.6 is 0 Å². The molecule has 0 saturated heterocycles. The molecule has 1 rings (SSSR count). The maximum Gasteiger partial charge on any atom is 0.341 e. The Bertz CT molecular complexity index is 578. The van der Waals surface area contributed by atoms with Gasteiger partial charge in [-0.15, -0.1) is 0 Å². The molecule has 0 spiro atoms. The van der Waals surface area contributed by atoms with Crippen LogP contribution in [0.25, 0.3) is 0 Å². The van der Waals surface area contributed by atoms with Gasteiger partial charge in [-0.3, -0.25) is 4.79 Å². The summed E-state index contributed by atoms with van der Waals surface area (Å²) in [6.07, 6.45) is 0. The number of rotatable bonds is 6. The largest absolute Gasteiger partial charge is 0.383 e. The number of halogens is 2. The number of nitrogens with one attached hydrogen (secondary N) is 1. The van der Waals surface area contributed by atoms with Gasteiger partial charge in [-0.1, -0.05) is 6.07 Å². The van der Waals surface area contributed by atoms with Gasteiger partial charge in [-0.2, -0.15) is 8.78 Å². The molecule has 0 heterocycles. The number of hydrogen-bond donors (Lipinski definition) is 2. The summed E-state index contributed by atoms with van der Waals surface area (Å²) in [5, 5.41) is 2.32. The van der Waals surface area contributed by atoms with E-state index in [4.69, 9.17) is 10.5 Å². The number of nitrogens with two attached hydrogens (primary N) is 1. The first-order chi connectivity index (χ1) is 9.28. The summed E-state index contributed by atoms with van der Waals surface area (Å²) in [5.74, 6) is -4.14. The summed E-state index contributed by atoms with van der Waals surface area (Å²) in [5.41, 5.74) is 5.53. The smallest absolute Gasteiger partial charge is 0.341 e. The molecule has 1 atom stereocenters. The van der Waals surface area contributed by atoms with Crippen LogP contribution in [-0.2, 0) is 19.4 Å². The van der Waals surface area contributed by atoms with Gasteiger partial charge in [0.15, 0.2) is 0 Å². The van der Waals surface area contributed by atoms with Gasteiger partial charge >= 0.3 is 5.76 Å². The fourth-order valence-electron chi connectivity index (χ4n) is 1.34. The van der Waals surface area contributed by atoms with Crippen LogP contribution in [0.2, 0.25) is 0 Å². The minimum Gasteiger partial charge on any atom is -0.383 e. The minimum atomic E-state index is -4.71. The number of anilines is 1. The number of amides is 1. The number of hydrogen-bond acceptors (Lipinski definition) is 5. The second kappa shape index (κ2) is 6.73. The zero-order valence-electron chi connectivity index (χ0n) is 10.5. The van der Waals surface area contributed by atoms with Crippen LogP contribution in [0.3, 0.4) is 0 Å². The Balaban J connectivity index is 2.92. The molecule has 0 fully saturated rings. The van der Waals surface area contributed by atoms with E-state index in [2.05, 4.69) is 5.32 Å². The summed E-state index contributed by atoms with van der Waals surface area (Å²) >= 11 is 0. The molecule has 0 saturated carbocycles. The molecule has 6 nitrogen and oxygen atoms in total. The standard InChI is InChI=1S/C11H14F2N2O4S/c1-19-6-9(14)10(16)15-7-3-2-4-8(5-7)20(17,18)11(12)13/h2-5,9,11H,6,14H2,1H3,(H,15,16). The first kappa shape index (κ1) is 16.5. The predicted molar refractivity (Wildman–Crippen MR) is 68.1 cm³/mol. The van der Waals surface area contributed by atoms with Gasteiger partial charge in [-0.05, 0) is 18.2 Å². The molecule has 0 radical (unpaired) electrons. The molecule has 9 heteroatoms. The van der Waals surface area contributed by atoms with Crippen molar-refractivity contribution in [1.82, 2.24) is 0 Å². The molecule has 3 N–H and O–H groups in total. The third-order valence-electron chi connectivity index (χ3n) is 2.35. The van der Waals surface area contributed by atoms with Gasteiger partial charge in [0.2, 0.25) is 15.7 Å². The molecule has 1 aromatic rings. The molecule has 0 aliphatic heterocycles. The topological polar surface area (TPSA) is 98.5 Å². The number of carbonyl (C=O) groups is 1. The van der Waals surface area contributed by atoms with Gasteiger partial charge in [0.25, 0.3) is 0 Å². The highest BCUT2D eigenvalue weighted by molar-refractivity contribution is 7.91. The Kier molecular flexibility index (Phi) is 5.54. The molecule has 1 unspecified atom stereocenters. The van der Waals surface area contributed by atoms with Crippen LogP contribution in [-0.4, -0.2) is 39.8 Å². The normalized spacial score (nSPS) is 13.2. The molecular weight excluding hydrogens is 294 g/mol. The quantitative estimate of drug-likeness (QED) is 0.801. The van der Waals surface area contributed by atoms with Crippen LogP contribution < -0.4 is 11.1 Å². The highest BCUT2D eigenvalue weighted by Gasteiger charge is 2.26. The first-order valence-electron chi connectivity index (χ1n) is 5.46. The lowest BCUT2D eigenvalue weighted by Gasteiger charge is -2.12. The second-order valence-electron chi connectivity index (χ2n) is 3.88. The third-order valence-corrected chi connectivity index (χ3v) is 3.73. The van der Waals surface area contributed by atoms with E-state index in [0.29, 0.717) is 0 Å². The fraction of sp³-hybridized carbons (Fsp3) is 0.364. The van der Waals surface area contributed by atoms with E-state index in [1.165, 1.54) is 19.2 Å². The van der Waals surface area contributed by atoms with E-state index in [1.807, 2.05) is 0 Å². The van der Waals surface area contributed by atoms with Crippen LogP contribution in [0.5, 0.6) is 0 Å². The highest BCUT2D eigenvalue weighted by Crippen LogP contribution is 2.21. The number of benzene rings is 1. The Morgan fingerprint density at radius 1 is 1.45 bits per heavy atom. The van der Waals surface area contributed by atoms with E-state index >= 15 is 0 Å². The van der Waals surface area contributed by atoms with Gasteiger partial charge in [0.1, 0.15) is 6.04 Å². The Morgan fingerprint density at radius 3 is 2.65 bits per heavy atom. The number of sulfone groups is 1. The second-order valence-corrected chi connectivity index (χ2v) is 5.80. The molecule has 20 heavy (non-hydrogen) atoms. The van der Waals surface area contributed by atoms with Gasteiger partial charge in [0, 0.05) is 12.8 Å². The number of alkyl halides is 2. The van der Waals surface area contributed by atoms with E-state index in [1.54, 1.807) is 0 Å². The third kappa shape index (κ3) is 3.95. The highest BCUT2D eigenvalue weighted by atomic mass is 32.2. The summed E-state index contributed by atoms with van der Waals surface area (Å²) in [4.78, 5) is 11.0. The van der Waals surface area contributed by atoms with Gasteiger partial charge in [0.05, 0.1) is 11.5 Å². The Morgan fingerprint density at radius 2 is 2.10 bits per heavy atom. The summed E-state index contributed by atoms with van der Waals surface area (Å²) in [6.45, 7) is -0.0269. The number of carbonyl (C=O) groups excluding carboxylic acids is 1. The molecule has 112 valence electrons. The maximum atomic E-state index is 12.4. The zero-order valence-corrected chi connectivity index (χ0v) is 11.4. The maximum absolute atomic E-state index is 12.4. The van der Waals surface area contributed by atoms with Crippen molar-refractivity contribution >= 4 is 21.4 Å². The molecule has 1 amide bonds. The zero-order chi connectivity index (χ0) is 15.3. The average molecular weight is 308 g/mol. The van der Waals surface area contributed by atoms with Crippen molar-refractivity contribution in [3.8, 4) is 0 Å². The fourth-order valence-corrected chi connectivity index (χ4v) is 2.11. The van der Waals surface area contributed by atoms with Gasteiger partial charge < -0.3 is 15.8 Å². The molecule has 0 aromatic heterocycles. The van der Waals surface area contributed by atoms with Crippen molar-refractivity contribution in [1.29, 1.82) is 0 Å². The van der Waals surface area contributed by atoms with Crippen LogP contribution in [0.4, 0.5) is 14.5 Å². The minimum absolute atomic E-state index is 0.0269. The van der Waals surface area contributed by atoms with Crippen LogP contribution in [0.1, 0.15) is 0 Å². The summed E-state index contributed by atoms with van der Waals surface area (Å²) in [6, 6.07) is 3.62. The molecule has 0 aliphatic carbocycles. The predicted octanol–water partition coefficient (Wildman–Crippen LogP) is 0.595. The van der Waals surface area contributed by atoms with Crippen molar-refractivity contribution in [2.24, 2.45) is 5.73 Å². The summed E-state index contributed by atoms with van der Waals surface area (Å²) < 4.78 is 52.1. The lowest BCUT2D eigenvalue weighted by Crippen LogP contribution is -2.39. The van der Waals surface area contributed by atoms with Crippen molar-refractivity contribution in [2.75, 3.05) is 19.0 Å². The molecule has 0 bridgehead atoms.